The topological polar surface area (TPSA) is 79.5 Å². The fourth-order valence-corrected chi connectivity index (χ4v) is 2.35. The summed E-state index contributed by atoms with van der Waals surface area (Å²) in [6, 6.07) is 12.1. The van der Waals surface area contributed by atoms with Crippen LogP contribution < -0.4 is 20.9 Å². The number of para-hydroxylation sites is 2. The van der Waals surface area contributed by atoms with Gasteiger partial charge in [-0.15, -0.1) is 0 Å². The highest BCUT2D eigenvalue weighted by Gasteiger charge is 2.08. The van der Waals surface area contributed by atoms with Gasteiger partial charge >= 0.3 is 0 Å². The van der Waals surface area contributed by atoms with Crippen LogP contribution in [0.2, 0.25) is 10.0 Å². The van der Waals surface area contributed by atoms with Gasteiger partial charge in [0, 0.05) is 0 Å². The van der Waals surface area contributed by atoms with Crippen molar-refractivity contribution in [2.24, 2.45) is 0 Å². The van der Waals surface area contributed by atoms with Gasteiger partial charge < -0.3 is 10.1 Å². The van der Waals surface area contributed by atoms with Gasteiger partial charge in [0.1, 0.15) is 5.75 Å². The maximum Gasteiger partial charge on any atom is 0.257 e. The zero-order valence-electron chi connectivity index (χ0n) is 13.4. The Labute approximate surface area is 155 Å². The van der Waals surface area contributed by atoms with Crippen LogP contribution in [0.4, 0.5) is 5.69 Å². The highest BCUT2D eigenvalue weighted by atomic mass is 35.5. The number of hydrogen-bond donors (Lipinski definition) is 3. The molecule has 0 bridgehead atoms. The Morgan fingerprint density at radius 2 is 1.72 bits per heavy atom. The summed E-state index contributed by atoms with van der Waals surface area (Å²) in [5, 5.41) is 3.72. The molecule has 0 fully saturated rings. The lowest BCUT2D eigenvalue weighted by molar-refractivity contribution is -0.127. The van der Waals surface area contributed by atoms with Crippen molar-refractivity contribution in [3.8, 4) is 5.75 Å². The minimum absolute atomic E-state index is 0.0204. The van der Waals surface area contributed by atoms with Gasteiger partial charge in [-0.3, -0.25) is 20.4 Å². The van der Waals surface area contributed by atoms with Crippen LogP contribution in [0.5, 0.6) is 5.75 Å². The van der Waals surface area contributed by atoms with Crippen LogP contribution in [0.1, 0.15) is 5.56 Å². The predicted molar refractivity (Wildman–Crippen MR) is 97.9 cm³/mol. The molecule has 0 aliphatic heterocycles. The second-order valence-corrected chi connectivity index (χ2v) is 5.89. The maximum absolute atomic E-state index is 11.8. The number of benzene rings is 2. The van der Waals surface area contributed by atoms with Crippen molar-refractivity contribution in [3.05, 3.63) is 58.1 Å². The van der Waals surface area contributed by atoms with E-state index in [9.17, 15) is 9.59 Å². The number of hydrazine groups is 1. The van der Waals surface area contributed by atoms with Crippen molar-refractivity contribution in [2.45, 2.75) is 6.42 Å². The molecule has 0 aliphatic carbocycles. The van der Waals surface area contributed by atoms with Crippen LogP contribution >= 0.6 is 23.2 Å². The molecule has 0 unspecified atom stereocenters. The Bertz CT molecular complexity index is 769. The Kier molecular flexibility index (Phi) is 6.91. The van der Waals surface area contributed by atoms with Gasteiger partial charge in [0.05, 0.1) is 35.8 Å². The van der Waals surface area contributed by atoms with Crippen molar-refractivity contribution in [1.29, 1.82) is 0 Å². The quantitative estimate of drug-likeness (QED) is 0.672. The van der Waals surface area contributed by atoms with Crippen LogP contribution in [0, 0.1) is 0 Å². The molecule has 0 heterocycles. The first-order valence-corrected chi connectivity index (χ1v) is 8.13. The number of hydrogen-bond acceptors (Lipinski definition) is 4. The Morgan fingerprint density at radius 3 is 2.44 bits per heavy atom. The summed E-state index contributed by atoms with van der Waals surface area (Å²) in [4.78, 5) is 23.6. The molecule has 0 saturated carbocycles. The minimum atomic E-state index is -0.395. The van der Waals surface area contributed by atoms with E-state index in [4.69, 9.17) is 27.9 Å². The third-order valence-corrected chi connectivity index (χ3v) is 3.98. The molecule has 3 N–H and O–H groups in total. The van der Waals surface area contributed by atoms with E-state index in [0.717, 1.165) is 0 Å². The Morgan fingerprint density at radius 1 is 1.00 bits per heavy atom. The summed E-state index contributed by atoms with van der Waals surface area (Å²) in [6.45, 7) is -0.0204. The smallest absolute Gasteiger partial charge is 0.257 e. The Hall–Kier alpha value is -2.44. The highest BCUT2D eigenvalue weighted by Crippen LogP contribution is 2.23. The van der Waals surface area contributed by atoms with Crippen LogP contribution in [0.25, 0.3) is 0 Å². The van der Waals surface area contributed by atoms with E-state index in [2.05, 4.69) is 16.2 Å². The lowest BCUT2D eigenvalue weighted by Gasteiger charge is -2.11. The Balaban J connectivity index is 1.77. The molecule has 8 heteroatoms. The van der Waals surface area contributed by atoms with Gasteiger partial charge in [-0.25, -0.2) is 0 Å². The molecular formula is C17H17Cl2N3O3. The van der Waals surface area contributed by atoms with Crippen molar-refractivity contribution < 1.29 is 14.3 Å². The number of halogens is 2. The van der Waals surface area contributed by atoms with Gasteiger partial charge in [-0.05, 0) is 29.8 Å². The molecule has 2 aromatic carbocycles. The first-order valence-electron chi connectivity index (χ1n) is 7.38. The molecule has 0 aromatic heterocycles. The van der Waals surface area contributed by atoms with Gasteiger partial charge in [-0.2, -0.15) is 0 Å². The normalized spacial score (nSPS) is 10.0. The molecule has 0 spiro atoms. The molecule has 25 heavy (non-hydrogen) atoms. The van der Waals surface area contributed by atoms with Crippen LogP contribution in [0.15, 0.2) is 42.5 Å². The molecular weight excluding hydrogens is 365 g/mol. The summed E-state index contributed by atoms with van der Waals surface area (Å²) in [6.07, 6.45) is 0.0666. The molecule has 0 radical (unpaired) electrons. The first kappa shape index (κ1) is 18.9. The van der Waals surface area contributed by atoms with Gasteiger partial charge in [0.15, 0.2) is 0 Å². The van der Waals surface area contributed by atoms with Crippen LogP contribution in [-0.2, 0) is 16.0 Å². The van der Waals surface area contributed by atoms with Gasteiger partial charge in [-0.1, -0.05) is 41.4 Å². The molecule has 0 saturated heterocycles. The summed E-state index contributed by atoms with van der Waals surface area (Å²) in [5.74, 6) is -0.142. The van der Waals surface area contributed by atoms with Crippen LogP contribution in [-0.4, -0.2) is 25.5 Å². The summed E-state index contributed by atoms with van der Waals surface area (Å²) in [5.41, 5.74) is 6.05. The number of amides is 2. The average molecular weight is 382 g/mol. The van der Waals surface area contributed by atoms with E-state index in [0.29, 0.717) is 27.0 Å². The third-order valence-electron chi connectivity index (χ3n) is 3.24. The predicted octanol–water partition coefficient (Wildman–Crippen LogP) is 2.80. The molecule has 0 atom stereocenters. The van der Waals surface area contributed by atoms with E-state index in [1.807, 2.05) is 12.1 Å². The second-order valence-electron chi connectivity index (χ2n) is 5.08. The number of carbonyl (C=O) groups excluding carboxylic acids is 2. The second kappa shape index (κ2) is 9.15. The molecule has 0 aliphatic rings. The molecule has 2 amide bonds. The van der Waals surface area contributed by atoms with E-state index in [1.54, 1.807) is 37.4 Å². The number of rotatable bonds is 6. The molecule has 6 nitrogen and oxygen atoms in total. The molecule has 2 aromatic rings. The van der Waals surface area contributed by atoms with Crippen molar-refractivity contribution in [2.75, 3.05) is 19.0 Å². The minimum Gasteiger partial charge on any atom is -0.495 e. The number of carbonyl (C=O) groups is 2. The van der Waals surface area contributed by atoms with Crippen LogP contribution in [0.3, 0.4) is 0 Å². The van der Waals surface area contributed by atoms with E-state index >= 15 is 0 Å². The largest absolute Gasteiger partial charge is 0.495 e. The van der Waals surface area contributed by atoms with Crippen molar-refractivity contribution in [1.82, 2.24) is 10.9 Å². The summed E-state index contributed by atoms with van der Waals surface area (Å²) >= 11 is 11.7. The monoisotopic (exact) mass is 381 g/mol. The number of ether oxygens (including phenoxy) is 1. The first-order chi connectivity index (χ1) is 12.0. The summed E-state index contributed by atoms with van der Waals surface area (Å²) < 4.78 is 5.18. The van der Waals surface area contributed by atoms with E-state index < -0.39 is 5.91 Å². The SMILES string of the molecule is COc1ccccc1NCC(=O)NNC(=O)Cc1ccc(Cl)c(Cl)c1. The zero-order valence-corrected chi connectivity index (χ0v) is 14.9. The van der Waals surface area contributed by atoms with Crippen molar-refractivity contribution >= 4 is 40.7 Å². The van der Waals surface area contributed by atoms with Gasteiger partial charge in [0.2, 0.25) is 5.91 Å². The third kappa shape index (κ3) is 5.85. The van der Waals surface area contributed by atoms with Crippen molar-refractivity contribution in [3.63, 3.8) is 0 Å². The average Bonchev–Trinajstić information content (AvgIpc) is 2.61. The lowest BCUT2D eigenvalue weighted by atomic mass is 10.1. The molecule has 132 valence electrons. The highest BCUT2D eigenvalue weighted by molar-refractivity contribution is 6.42. The lowest BCUT2D eigenvalue weighted by Crippen LogP contribution is -2.44. The fraction of sp³-hybridized carbons (Fsp3) is 0.176. The maximum atomic E-state index is 11.8. The molecule has 2 rings (SSSR count). The number of nitrogens with one attached hydrogen (secondary N) is 3. The zero-order chi connectivity index (χ0) is 18.2. The van der Waals surface area contributed by atoms with Gasteiger partial charge in [0.25, 0.3) is 5.91 Å². The summed E-state index contributed by atoms with van der Waals surface area (Å²) in [7, 11) is 1.55. The fourth-order valence-electron chi connectivity index (χ4n) is 2.03. The van der Waals surface area contributed by atoms with E-state index in [-0.39, 0.29) is 18.9 Å². The standard InChI is InChI=1S/C17H17Cl2N3O3/c1-25-15-5-3-2-4-14(15)20-10-17(24)22-21-16(23)9-11-6-7-12(18)13(19)8-11/h2-8,20H,9-10H2,1H3,(H,21,23)(H,22,24). The number of methoxy groups -OCH3 is 1. The number of anilines is 1. The van der Waals surface area contributed by atoms with E-state index in [1.165, 1.54) is 0 Å².